The Balaban J connectivity index is 2.71. The molecule has 1 aromatic heterocycles. The lowest BCUT2D eigenvalue weighted by Gasteiger charge is -2.23. The molecule has 2 atom stereocenters. The van der Waals surface area contributed by atoms with Gasteiger partial charge in [0.15, 0.2) is 0 Å². The minimum Gasteiger partial charge on any atom is -0.392 e. The molecule has 15 heavy (non-hydrogen) atoms. The molecule has 0 aromatic carbocycles. The third-order valence-corrected chi connectivity index (χ3v) is 2.65. The number of aryl methyl sites for hydroxylation is 1. The highest BCUT2D eigenvalue weighted by atomic mass is 32.1. The molecule has 0 aliphatic carbocycles. The van der Waals surface area contributed by atoms with Crippen LogP contribution in [0.1, 0.15) is 18.9 Å². The molecule has 2 unspecified atom stereocenters. The second-order valence-electron chi connectivity index (χ2n) is 3.71. The summed E-state index contributed by atoms with van der Waals surface area (Å²) in [5, 5.41) is 28.2. The monoisotopic (exact) mass is 231 g/mol. The van der Waals surface area contributed by atoms with Crippen LogP contribution in [0.3, 0.4) is 0 Å². The second-order valence-corrected chi connectivity index (χ2v) is 4.87. The zero-order valence-electron chi connectivity index (χ0n) is 9.21. The van der Waals surface area contributed by atoms with Gasteiger partial charge in [0, 0.05) is 13.1 Å². The van der Waals surface area contributed by atoms with Gasteiger partial charge in [0.1, 0.15) is 5.01 Å². The maximum atomic E-state index is 9.34. The summed E-state index contributed by atoms with van der Waals surface area (Å²) in [5.41, 5.74) is 0. The van der Waals surface area contributed by atoms with Gasteiger partial charge in [-0.1, -0.05) is 11.3 Å². The molecule has 2 N–H and O–H groups in total. The normalized spacial score (nSPS) is 15.0. The van der Waals surface area contributed by atoms with Crippen molar-refractivity contribution >= 4 is 16.5 Å². The van der Waals surface area contributed by atoms with Gasteiger partial charge in [-0.05, 0) is 20.8 Å². The quantitative estimate of drug-likeness (QED) is 0.768. The van der Waals surface area contributed by atoms with Crippen LogP contribution in [0.15, 0.2) is 0 Å². The van der Waals surface area contributed by atoms with Crippen LogP contribution in [0.4, 0.5) is 5.13 Å². The molecule has 0 amide bonds. The predicted molar refractivity (Wildman–Crippen MR) is 60.2 cm³/mol. The van der Waals surface area contributed by atoms with Crippen LogP contribution in [0.5, 0.6) is 0 Å². The van der Waals surface area contributed by atoms with Gasteiger partial charge < -0.3 is 15.1 Å². The van der Waals surface area contributed by atoms with Gasteiger partial charge >= 0.3 is 0 Å². The van der Waals surface area contributed by atoms with Crippen LogP contribution in [0, 0.1) is 6.92 Å². The average Bonchev–Trinajstić information content (AvgIpc) is 2.48. The van der Waals surface area contributed by atoms with Gasteiger partial charge in [-0.2, -0.15) is 0 Å². The lowest BCUT2D eigenvalue weighted by molar-refractivity contribution is 0.178. The number of hydrogen-bond donors (Lipinski definition) is 2. The van der Waals surface area contributed by atoms with E-state index >= 15 is 0 Å². The number of aliphatic hydroxyl groups is 2. The number of aliphatic hydroxyl groups excluding tert-OH is 2. The molecule has 0 fully saturated rings. The summed E-state index contributed by atoms with van der Waals surface area (Å²) in [7, 11) is 0. The summed E-state index contributed by atoms with van der Waals surface area (Å²) in [6.45, 7) is 6.22. The number of hydrogen-bond acceptors (Lipinski definition) is 6. The van der Waals surface area contributed by atoms with Crippen LogP contribution < -0.4 is 4.90 Å². The van der Waals surface area contributed by atoms with E-state index in [1.54, 1.807) is 13.8 Å². The van der Waals surface area contributed by atoms with Gasteiger partial charge in [-0.3, -0.25) is 0 Å². The van der Waals surface area contributed by atoms with Gasteiger partial charge in [-0.15, -0.1) is 10.2 Å². The van der Waals surface area contributed by atoms with Gasteiger partial charge in [0.2, 0.25) is 5.13 Å². The highest BCUT2D eigenvalue weighted by molar-refractivity contribution is 7.15. The summed E-state index contributed by atoms with van der Waals surface area (Å²) < 4.78 is 0. The first-order valence-electron chi connectivity index (χ1n) is 4.90. The van der Waals surface area contributed by atoms with Crippen LogP contribution in [-0.4, -0.2) is 45.7 Å². The van der Waals surface area contributed by atoms with Crippen LogP contribution in [0.2, 0.25) is 0 Å². The molecule has 1 aromatic rings. The Morgan fingerprint density at radius 1 is 1.20 bits per heavy atom. The maximum absolute atomic E-state index is 9.34. The van der Waals surface area contributed by atoms with Gasteiger partial charge in [0.05, 0.1) is 12.2 Å². The second kappa shape index (κ2) is 5.39. The SMILES string of the molecule is Cc1nnc(N(CC(C)O)CC(C)O)s1. The first kappa shape index (κ1) is 12.4. The molecular formula is C9H17N3O2S. The Morgan fingerprint density at radius 2 is 1.73 bits per heavy atom. The van der Waals surface area contributed by atoms with E-state index < -0.39 is 12.2 Å². The molecule has 6 heteroatoms. The van der Waals surface area contributed by atoms with E-state index in [0.29, 0.717) is 13.1 Å². The molecule has 5 nitrogen and oxygen atoms in total. The third kappa shape index (κ3) is 4.11. The summed E-state index contributed by atoms with van der Waals surface area (Å²) in [5.74, 6) is 0. The number of nitrogens with zero attached hydrogens (tertiary/aromatic N) is 3. The van der Waals surface area contributed by atoms with E-state index in [1.807, 2.05) is 11.8 Å². The molecule has 1 rings (SSSR count). The molecule has 86 valence electrons. The first-order chi connectivity index (χ1) is 6.99. The highest BCUT2D eigenvalue weighted by Gasteiger charge is 2.15. The van der Waals surface area contributed by atoms with Crippen LogP contribution >= 0.6 is 11.3 Å². The summed E-state index contributed by atoms with van der Waals surface area (Å²) >= 11 is 1.46. The standard InChI is InChI=1S/C9H17N3O2S/c1-6(13)4-12(5-7(2)14)9-11-10-8(3)15-9/h6-7,13-14H,4-5H2,1-3H3. The molecule has 0 spiro atoms. The lowest BCUT2D eigenvalue weighted by Crippen LogP contribution is -2.36. The zero-order chi connectivity index (χ0) is 11.4. The van der Waals surface area contributed by atoms with E-state index in [1.165, 1.54) is 11.3 Å². The molecule has 0 aliphatic heterocycles. The van der Waals surface area contributed by atoms with E-state index in [4.69, 9.17) is 0 Å². The minimum absolute atomic E-state index is 0.451. The minimum atomic E-state index is -0.451. The van der Waals surface area contributed by atoms with E-state index in [9.17, 15) is 10.2 Å². The Labute approximate surface area is 93.4 Å². The van der Waals surface area contributed by atoms with Crippen molar-refractivity contribution in [3.8, 4) is 0 Å². The van der Waals surface area contributed by atoms with Crippen molar-refractivity contribution in [2.24, 2.45) is 0 Å². The Hall–Kier alpha value is -0.720. The topological polar surface area (TPSA) is 69.5 Å². The van der Waals surface area contributed by atoms with Crippen molar-refractivity contribution in [1.82, 2.24) is 10.2 Å². The van der Waals surface area contributed by atoms with Crippen LogP contribution in [-0.2, 0) is 0 Å². The summed E-state index contributed by atoms with van der Waals surface area (Å²) in [6, 6.07) is 0. The van der Waals surface area contributed by atoms with E-state index in [-0.39, 0.29) is 0 Å². The van der Waals surface area contributed by atoms with E-state index in [0.717, 1.165) is 10.1 Å². The van der Waals surface area contributed by atoms with Crippen molar-refractivity contribution in [3.63, 3.8) is 0 Å². The maximum Gasteiger partial charge on any atom is 0.208 e. The fourth-order valence-electron chi connectivity index (χ4n) is 1.28. The number of anilines is 1. The highest BCUT2D eigenvalue weighted by Crippen LogP contribution is 2.19. The Kier molecular flexibility index (Phi) is 4.44. The van der Waals surface area contributed by atoms with Crippen molar-refractivity contribution in [1.29, 1.82) is 0 Å². The molecule has 0 saturated carbocycles. The Bertz CT molecular complexity index is 291. The van der Waals surface area contributed by atoms with Crippen molar-refractivity contribution < 1.29 is 10.2 Å². The van der Waals surface area contributed by atoms with Gasteiger partial charge in [0.25, 0.3) is 0 Å². The number of aromatic nitrogens is 2. The van der Waals surface area contributed by atoms with Crippen LogP contribution in [0.25, 0.3) is 0 Å². The number of rotatable bonds is 5. The summed E-state index contributed by atoms with van der Waals surface area (Å²) in [6.07, 6.45) is -0.902. The molecule has 1 heterocycles. The third-order valence-electron chi connectivity index (χ3n) is 1.76. The van der Waals surface area contributed by atoms with Crippen molar-refractivity contribution in [3.05, 3.63) is 5.01 Å². The predicted octanol–water partition coefficient (Wildman–Crippen LogP) is 0.415. The molecule has 0 aliphatic rings. The molecule has 0 saturated heterocycles. The first-order valence-corrected chi connectivity index (χ1v) is 5.72. The van der Waals surface area contributed by atoms with Crippen molar-refractivity contribution in [2.75, 3.05) is 18.0 Å². The summed E-state index contributed by atoms with van der Waals surface area (Å²) in [4.78, 5) is 1.85. The Morgan fingerprint density at radius 3 is 2.07 bits per heavy atom. The molecular weight excluding hydrogens is 214 g/mol. The lowest BCUT2D eigenvalue weighted by atomic mass is 10.3. The average molecular weight is 231 g/mol. The van der Waals surface area contributed by atoms with Gasteiger partial charge in [-0.25, -0.2) is 0 Å². The fraction of sp³-hybridized carbons (Fsp3) is 0.778. The largest absolute Gasteiger partial charge is 0.392 e. The van der Waals surface area contributed by atoms with E-state index in [2.05, 4.69) is 10.2 Å². The molecule has 0 bridgehead atoms. The smallest absolute Gasteiger partial charge is 0.208 e. The fourth-order valence-corrected chi connectivity index (χ4v) is 1.99. The zero-order valence-corrected chi connectivity index (χ0v) is 10.0. The van der Waals surface area contributed by atoms with Crippen molar-refractivity contribution in [2.45, 2.75) is 33.0 Å². The molecule has 0 radical (unpaired) electrons.